The first-order chi connectivity index (χ1) is 7.16. The molecule has 6 heteroatoms. The summed E-state index contributed by atoms with van der Waals surface area (Å²) >= 11 is 0. The van der Waals surface area contributed by atoms with Crippen molar-refractivity contribution in [3.05, 3.63) is 28.3 Å². The molecular formula is C9H9N3O3. The molecule has 1 aliphatic rings. The molecule has 0 unspecified atom stereocenters. The van der Waals surface area contributed by atoms with Crippen LogP contribution in [0.2, 0.25) is 0 Å². The highest BCUT2D eigenvalue weighted by molar-refractivity contribution is 5.84. The van der Waals surface area contributed by atoms with Crippen LogP contribution in [0.25, 0.3) is 0 Å². The fourth-order valence-corrected chi connectivity index (χ4v) is 1.24. The van der Waals surface area contributed by atoms with Gasteiger partial charge in [-0.1, -0.05) is 0 Å². The summed E-state index contributed by atoms with van der Waals surface area (Å²) < 4.78 is 0. The van der Waals surface area contributed by atoms with Gasteiger partial charge in [0.1, 0.15) is 24.0 Å². The number of carbonyl (C=O) groups is 1. The maximum absolute atomic E-state index is 11.4. The van der Waals surface area contributed by atoms with Crippen molar-refractivity contribution in [3.8, 4) is 0 Å². The van der Waals surface area contributed by atoms with Gasteiger partial charge in [-0.25, -0.2) is 9.97 Å². The number of nitro groups is 1. The molecule has 1 fully saturated rings. The van der Waals surface area contributed by atoms with Gasteiger partial charge in [-0.15, -0.1) is 0 Å². The van der Waals surface area contributed by atoms with Crippen molar-refractivity contribution in [1.29, 1.82) is 0 Å². The van der Waals surface area contributed by atoms with E-state index in [1.54, 1.807) is 0 Å². The monoisotopic (exact) mass is 207 g/mol. The van der Waals surface area contributed by atoms with E-state index in [2.05, 4.69) is 9.97 Å². The van der Waals surface area contributed by atoms with E-state index in [0.717, 1.165) is 25.2 Å². The quantitative estimate of drug-likeness (QED) is 0.541. The minimum atomic E-state index is -0.563. The number of ketones is 1. The lowest BCUT2D eigenvalue weighted by molar-refractivity contribution is -0.385. The molecule has 0 saturated heterocycles. The molecule has 1 aliphatic carbocycles. The van der Waals surface area contributed by atoms with Gasteiger partial charge in [0, 0.05) is 5.92 Å². The third-order valence-electron chi connectivity index (χ3n) is 2.27. The van der Waals surface area contributed by atoms with Gasteiger partial charge >= 0.3 is 5.69 Å². The summed E-state index contributed by atoms with van der Waals surface area (Å²) in [6.45, 7) is 0. The van der Waals surface area contributed by atoms with Crippen molar-refractivity contribution in [2.75, 3.05) is 0 Å². The maximum atomic E-state index is 11.4. The van der Waals surface area contributed by atoms with Crippen LogP contribution in [0, 0.1) is 16.0 Å². The number of aromatic nitrogens is 2. The Kier molecular flexibility index (Phi) is 2.40. The van der Waals surface area contributed by atoms with E-state index >= 15 is 0 Å². The van der Waals surface area contributed by atoms with E-state index in [-0.39, 0.29) is 23.8 Å². The summed E-state index contributed by atoms with van der Waals surface area (Å²) in [5.74, 6) is 0.658. The molecule has 1 saturated carbocycles. The van der Waals surface area contributed by atoms with Crippen molar-refractivity contribution >= 4 is 11.5 Å². The molecule has 0 aromatic carbocycles. The SMILES string of the molecule is O=C(Cc1ncc([N+](=O)[O-])cn1)C1CC1. The Labute approximate surface area is 85.5 Å². The molecule has 1 aromatic heterocycles. The smallest absolute Gasteiger partial charge is 0.299 e. The van der Waals surface area contributed by atoms with Crippen LogP contribution in [0.4, 0.5) is 5.69 Å². The standard InChI is InChI=1S/C9H9N3O3/c13-8(6-1-2-6)3-9-10-4-7(5-11-9)12(14)15/h4-6H,1-3H2. The number of hydrogen-bond donors (Lipinski definition) is 0. The molecular weight excluding hydrogens is 198 g/mol. The molecule has 1 heterocycles. The van der Waals surface area contributed by atoms with Crippen LogP contribution in [-0.4, -0.2) is 20.7 Å². The first kappa shape index (κ1) is 9.70. The third-order valence-corrected chi connectivity index (χ3v) is 2.27. The number of rotatable bonds is 4. The van der Waals surface area contributed by atoms with Crippen molar-refractivity contribution < 1.29 is 9.72 Å². The van der Waals surface area contributed by atoms with Gasteiger partial charge in [0.15, 0.2) is 0 Å². The molecule has 15 heavy (non-hydrogen) atoms. The van der Waals surface area contributed by atoms with Gasteiger partial charge in [-0.3, -0.25) is 14.9 Å². The van der Waals surface area contributed by atoms with Gasteiger partial charge < -0.3 is 0 Å². The summed E-state index contributed by atoms with van der Waals surface area (Å²) in [6.07, 6.45) is 4.34. The van der Waals surface area contributed by atoms with Crippen LogP contribution in [0.15, 0.2) is 12.4 Å². The van der Waals surface area contributed by atoms with Gasteiger partial charge in [0.05, 0.1) is 11.3 Å². The van der Waals surface area contributed by atoms with Crippen molar-refractivity contribution in [1.82, 2.24) is 9.97 Å². The van der Waals surface area contributed by atoms with Gasteiger partial charge in [-0.2, -0.15) is 0 Å². The zero-order chi connectivity index (χ0) is 10.8. The Morgan fingerprint density at radius 2 is 2.07 bits per heavy atom. The van der Waals surface area contributed by atoms with Gasteiger partial charge in [-0.05, 0) is 12.8 Å². The van der Waals surface area contributed by atoms with E-state index in [1.807, 2.05) is 0 Å². The summed E-state index contributed by atoms with van der Waals surface area (Å²) in [5.41, 5.74) is -0.155. The Bertz CT molecular complexity index is 398. The van der Waals surface area contributed by atoms with Gasteiger partial charge in [0.25, 0.3) is 0 Å². The number of nitrogens with zero attached hydrogens (tertiary/aromatic N) is 3. The molecule has 0 aliphatic heterocycles. The van der Waals surface area contributed by atoms with E-state index in [1.165, 1.54) is 0 Å². The summed E-state index contributed by atoms with van der Waals surface area (Å²) in [6, 6.07) is 0. The largest absolute Gasteiger partial charge is 0.305 e. The summed E-state index contributed by atoms with van der Waals surface area (Å²) in [4.78, 5) is 28.7. The van der Waals surface area contributed by atoms with Crippen LogP contribution in [0.1, 0.15) is 18.7 Å². The number of hydrogen-bond acceptors (Lipinski definition) is 5. The highest BCUT2D eigenvalue weighted by Gasteiger charge is 2.29. The van der Waals surface area contributed by atoms with Crippen LogP contribution in [0.5, 0.6) is 0 Å². The Balaban J connectivity index is 2.03. The van der Waals surface area contributed by atoms with Crippen LogP contribution in [-0.2, 0) is 11.2 Å². The zero-order valence-corrected chi connectivity index (χ0v) is 7.92. The normalized spacial score (nSPS) is 14.9. The van der Waals surface area contributed by atoms with E-state index in [4.69, 9.17) is 0 Å². The van der Waals surface area contributed by atoms with E-state index in [0.29, 0.717) is 5.82 Å². The van der Waals surface area contributed by atoms with Crippen LogP contribution < -0.4 is 0 Å². The van der Waals surface area contributed by atoms with E-state index in [9.17, 15) is 14.9 Å². The zero-order valence-electron chi connectivity index (χ0n) is 7.92. The maximum Gasteiger partial charge on any atom is 0.305 e. The Morgan fingerprint density at radius 1 is 1.47 bits per heavy atom. The average molecular weight is 207 g/mol. The van der Waals surface area contributed by atoms with Crippen molar-refractivity contribution in [2.24, 2.45) is 5.92 Å². The second kappa shape index (κ2) is 3.72. The predicted molar refractivity (Wildman–Crippen MR) is 50.1 cm³/mol. The average Bonchev–Trinajstić information content (AvgIpc) is 3.01. The summed E-state index contributed by atoms with van der Waals surface area (Å²) in [5, 5.41) is 10.3. The molecule has 0 spiro atoms. The molecule has 0 radical (unpaired) electrons. The van der Waals surface area contributed by atoms with E-state index < -0.39 is 4.92 Å². The topological polar surface area (TPSA) is 86.0 Å². The van der Waals surface area contributed by atoms with Crippen LogP contribution in [0.3, 0.4) is 0 Å². The Hall–Kier alpha value is -1.85. The fraction of sp³-hybridized carbons (Fsp3) is 0.444. The predicted octanol–water partition coefficient (Wildman–Crippen LogP) is 0.906. The Morgan fingerprint density at radius 3 is 2.53 bits per heavy atom. The third kappa shape index (κ3) is 2.34. The highest BCUT2D eigenvalue weighted by atomic mass is 16.6. The second-order valence-corrected chi connectivity index (χ2v) is 3.53. The lowest BCUT2D eigenvalue weighted by Gasteiger charge is -1.97. The number of carbonyl (C=O) groups excluding carboxylic acids is 1. The molecule has 0 amide bonds. The molecule has 78 valence electrons. The lowest BCUT2D eigenvalue weighted by Crippen LogP contribution is -2.08. The molecule has 0 N–H and O–H groups in total. The minimum absolute atomic E-state index is 0.129. The van der Waals surface area contributed by atoms with Gasteiger partial charge in [0.2, 0.25) is 0 Å². The van der Waals surface area contributed by atoms with Crippen molar-refractivity contribution in [2.45, 2.75) is 19.3 Å². The highest BCUT2D eigenvalue weighted by Crippen LogP contribution is 2.30. The first-order valence-corrected chi connectivity index (χ1v) is 4.65. The minimum Gasteiger partial charge on any atom is -0.299 e. The van der Waals surface area contributed by atoms with Crippen molar-refractivity contribution in [3.63, 3.8) is 0 Å². The fourth-order valence-electron chi connectivity index (χ4n) is 1.24. The second-order valence-electron chi connectivity index (χ2n) is 3.53. The molecule has 6 nitrogen and oxygen atoms in total. The number of Topliss-reactive ketones (excluding diaryl/α,β-unsaturated/α-hetero) is 1. The summed E-state index contributed by atoms with van der Waals surface area (Å²) in [7, 11) is 0. The molecule has 1 aromatic rings. The van der Waals surface area contributed by atoms with Crippen LogP contribution >= 0.6 is 0 Å². The lowest BCUT2D eigenvalue weighted by atomic mass is 10.2. The molecule has 2 rings (SSSR count). The molecule has 0 bridgehead atoms. The molecule has 0 atom stereocenters. The first-order valence-electron chi connectivity index (χ1n) is 4.65.